The molecule has 1 heterocycles. The first-order valence-electron chi connectivity index (χ1n) is 5.12. The Kier molecular flexibility index (Phi) is 2.83. The van der Waals surface area contributed by atoms with E-state index in [1.807, 2.05) is 18.0 Å². The molecule has 4 heteroatoms. The Hall–Kier alpha value is -1.55. The normalized spacial score (nSPS) is 15.8. The standard InChI is InChI=1S/C12H15NO3/c1-13-6-8-4-11(15-2)12(16-3)5-9(8)10(14)7-13/h4-5H,6-7H2,1-3H3. The van der Waals surface area contributed by atoms with Gasteiger partial charge in [0.05, 0.1) is 20.8 Å². The van der Waals surface area contributed by atoms with Crippen molar-refractivity contribution < 1.29 is 14.3 Å². The van der Waals surface area contributed by atoms with Crippen molar-refractivity contribution in [3.63, 3.8) is 0 Å². The van der Waals surface area contributed by atoms with Gasteiger partial charge in [0.2, 0.25) is 0 Å². The minimum Gasteiger partial charge on any atom is -0.493 e. The van der Waals surface area contributed by atoms with E-state index in [1.54, 1.807) is 20.3 Å². The molecule has 0 spiro atoms. The van der Waals surface area contributed by atoms with Crippen molar-refractivity contribution in [2.75, 3.05) is 27.8 Å². The van der Waals surface area contributed by atoms with E-state index in [0.29, 0.717) is 18.0 Å². The summed E-state index contributed by atoms with van der Waals surface area (Å²) in [4.78, 5) is 13.8. The molecule has 0 saturated heterocycles. The number of methoxy groups -OCH3 is 2. The van der Waals surface area contributed by atoms with Crippen LogP contribution in [0.25, 0.3) is 0 Å². The maximum absolute atomic E-state index is 11.8. The van der Waals surface area contributed by atoms with Crippen LogP contribution in [-0.4, -0.2) is 38.5 Å². The van der Waals surface area contributed by atoms with E-state index in [9.17, 15) is 4.79 Å². The summed E-state index contributed by atoms with van der Waals surface area (Å²) < 4.78 is 10.4. The molecule has 0 N–H and O–H groups in total. The monoisotopic (exact) mass is 221 g/mol. The zero-order valence-electron chi connectivity index (χ0n) is 9.74. The number of benzene rings is 1. The SMILES string of the molecule is COc1cc2c(cc1OC)C(=O)CN(C)C2. The predicted molar refractivity (Wildman–Crippen MR) is 60.2 cm³/mol. The Morgan fingerprint density at radius 1 is 1.12 bits per heavy atom. The molecule has 4 nitrogen and oxygen atoms in total. The summed E-state index contributed by atoms with van der Waals surface area (Å²) in [5.74, 6) is 1.41. The highest BCUT2D eigenvalue weighted by atomic mass is 16.5. The maximum atomic E-state index is 11.8. The van der Waals surface area contributed by atoms with Gasteiger partial charge in [-0.05, 0) is 24.7 Å². The number of nitrogens with zero attached hydrogens (tertiary/aromatic N) is 1. The summed E-state index contributed by atoms with van der Waals surface area (Å²) in [6, 6.07) is 3.64. The summed E-state index contributed by atoms with van der Waals surface area (Å²) in [6.07, 6.45) is 0. The Morgan fingerprint density at radius 2 is 1.75 bits per heavy atom. The largest absolute Gasteiger partial charge is 0.493 e. The molecule has 0 amide bonds. The summed E-state index contributed by atoms with van der Waals surface area (Å²) in [5.41, 5.74) is 1.74. The minimum absolute atomic E-state index is 0.129. The zero-order valence-corrected chi connectivity index (χ0v) is 9.74. The second kappa shape index (κ2) is 4.14. The van der Waals surface area contributed by atoms with Crippen LogP contribution in [0.1, 0.15) is 15.9 Å². The van der Waals surface area contributed by atoms with Crippen LogP contribution in [0.2, 0.25) is 0 Å². The van der Waals surface area contributed by atoms with Gasteiger partial charge in [-0.25, -0.2) is 0 Å². The minimum atomic E-state index is 0.129. The number of likely N-dealkylation sites (N-methyl/N-ethyl adjacent to an activating group) is 1. The summed E-state index contributed by atoms with van der Waals surface area (Å²) in [7, 11) is 5.10. The van der Waals surface area contributed by atoms with Crippen LogP contribution in [0, 0.1) is 0 Å². The molecule has 86 valence electrons. The molecule has 0 saturated carbocycles. The summed E-state index contributed by atoms with van der Waals surface area (Å²) in [5, 5.41) is 0. The number of rotatable bonds is 2. The fourth-order valence-corrected chi connectivity index (χ4v) is 1.99. The lowest BCUT2D eigenvalue weighted by Crippen LogP contribution is -2.31. The molecular formula is C12H15NO3. The van der Waals surface area contributed by atoms with E-state index in [1.165, 1.54) is 0 Å². The molecule has 0 fully saturated rings. The number of hydrogen-bond donors (Lipinski definition) is 0. The van der Waals surface area contributed by atoms with Crippen molar-refractivity contribution in [1.82, 2.24) is 4.90 Å². The number of Topliss-reactive ketones (excluding diaryl/α,β-unsaturated/α-hetero) is 1. The molecule has 16 heavy (non-hydrogen) atoms. The molecule has 1 aliphatic heterocycles. The van der Waals surface area contributed by atoms with E-state index < -0.39 is 0 Å². The zero-order chi connectivity index (χ0) is 11.7. The molecule has 0 bridgehead atoms. The lowest BCUT2D eigenvalue weighted by atomic mass is 9.98. The number of carbonyl (C=O) groups excluding carboxylic acids is 1. The predicted octanol–water partition coefficient (Wildman–Crippen LogP) is 1.33. The molecular weight excluding hydrogens is 206 g/mol. The lowest BCUT2D eigenvalue weighted by Gasteiger charge is -2.24. The first-order valence-corrected chi connectivity index (χ1v) is 5.12. The van der Waals surface area contributed by atoms with Gasteiger partial charge in [0.1, 0.15) is 0 Å². The molecule has 0 aromatic heterocycles. The molecule has 1 aliphatic rings. The van der Waals surface area contributed by atoms with Crippen molar-refractivity contribution in [2.45, 2.75) is 6.54 Å². The highest BCUT2D eigenvalue weighted by molar-refractivity contribution is 6.00. The number of fused-ring (bicyclic) bond motifs is 1. The quantitative estimate of drug-likeness (QED) is 0.755. The van der Waals surface area contributed by atoms with E-state index in [4.69, 9.17) is 9.47 Å². The van der Waals surface area contributed by atoms with Gasteiger partial charge in [-0.15, -0.1) is 0 Å². The molecule has 1 aromatic rings. The Bertz CT molecular complexity index is 429. The second-order valence-electron chi connectivity index (χ2n) is 3.96. The Labute approximate surface area is 94.8 Å². The molecule has 2 rings (SSSR count). The highest BCUT2D eigenvalue weighted by Crippen LogP contribution is 2.32. The Balaban J connectivity index is 2.51. The third kappa shape index (κ3) is 1.76. The number of hydrogen-bond acceptors (Lipinski definition) is 4. The van der Waals surface area contributed by atoms with Crippen molar-refractivity contribution in [2.24, 2.45) is 0 Å². The molecule has 0 radical (unpaired) electrons. The average Bonchev–Trinajstić information content (AvgIpc) is 2.27. The smallest absolute Gasteiger partial charge is 0.177 e. The number of carbonyl (C=O) groups is 1. The van der Waals surface area contributed by atoms with Crippen LogP contribution in [0.5, 0.6) is 11.5 Å². The van der Waals surface area contributed by atoms with Crippen molar-refractivity contribution >= 4 is 5.78 Å². The van der Waals surface area contributed by atoms with Crippen LogP contribution in [0.3, 0.4) is 0 Å². The topological polar surface area (TPSA) is 38.8 Å². The molecule has 0 atom stereocenters. The molecule has 0 aliphatic carbocycles. The van der Waals surface area contributed by atoms with Gasteiger partial charge in [-0.1, -0.05) is 0 Å². The molecule has 1 aromatic carbocycles. The van der Waals surface area contributed by atoms with Crippen molar-refractivity contribution in [3.8, 4) is 11.5 Å². The lowest BCUT2D eigenvalue weighted by molar-refractivity contribution is 0.0922. The number of ketones is 1. The van der Waals surface area contributed by atoms with E-state index in [2.05, 4.69) is 0 Å². The van der Waals surface area contributed by atoms with Gasteiger partial charge < -0.3 is 9.47 Å². The van der Waals surface area contributed by atoms with Gasteiger partial charge in [0, 0.05) is 12.1 Å². The van der Waals surface area contributed by atoms with Gasteiger partial charge in [-0.2, -0.15) is 0 Å². The first kappa shape index (κ1) is 11.0. The van der Waals surface area contributed by atoms with Crippen LogP contribution < -0.4 is 9.47 Å². The van der Waals surface area contributed by atoms with E-state index in [-0.39, 0.29) is 5.78 Å². The van der Waals surface area contributed by atoms with Gasteiger partial charge >= 0.3 is 0 Å². The van der Waals surface area contributed by atoms with Gasteiger partial charge in [-0.3, -0.25) is 9.69 Å². The second-order valence-corrected chi connectivity index (χ2v) is 3.96. The van der Waals surface area contributed by atoms with Crippen molar-refractivity contribution in [1.29, 1.82) is 0 Å². The summed E-state index contributed by atoms with van der Waals surface area (Å²) >= 11 is 0. The van der Waals surface area contributed by atoms with Crippen LogP contribution in [0.15, 0.2) is 12.1 Å². The maximum Gasteiger partial charge on any atom is 0.177 e. The van der Waals surface area contributed by atoms with Crippen LogP contribution in [0.4, 0.5) is 0 Å². The fraction of sp³-hybridized carbons (Fsp3) is 0.417. The Morgan fingerprint density at radius 3 is 2.38 bits per heavy atom. The summed E-state index contributed by atoms with van der Waals surface area (Å²) in [6.45, 7) is 1.23. The fourth-order valence-electron chi connectivity index (χ4n) is 1.99. The molecule has 0 unspecified atom stereocenters. The first-order chi connectivity index (χ1) is 7.65. The van der Waals surface area contributed by atoms with Crippen LogP contribution in [-0.2, 0) is 6.54 Å². The third-order valence-corrected chi connectivity index (χ3v) is 2.76. The highest BCUT2D eigenvalue weighted by Gasteiger charge is 2.23. The average molecular weight is 221 g/mol. The van der Waals surface area contributed by atoms with Gasteiger partial charge in [0.25, 0.3) is 0 Å². The van der Waals surface area contributed by atoms with Crippen LogP contribution >= 0.6 is 0 Å². The number of ether oxygens (including phenoxy) is 2. The van der Waals surface area contributed by atoms with E-state index in [0.717, 1.165) is 17.7 Å². The van der Waals surface area contributed by atoms with Crippen molar-refractivity contribution in [3.05, 3.63) is 23.3 Å². The van der Waals surface area contributed by atoms with E-state index >= 15 is 0 Å². The van der Waals surface area contributed by atoms with Gasteiger partial charge in [0.15, 0.2) is 17.3 Å². The third-order valence-electron chi connectivity index (χ3n) is 2.76.